The van der Waals surface area contributed by atoms with Crippen LogP contribution in [0.3, 0.4) is 0 Å². The summed E-state index contributed by atoms with van der Waals surface area (Å²) < 4.78 is 27.3. The second-order valence-corrected chi connectivity index (χ2v) is 7.44. The van der Waals surface area contributed by atoms with E-state index in [1.54, 1.807) is 36.4 Å². The third-order valence-corrected chi connectivity index (χ3v) is 5.26. The number of aryl methyl sites for hydroxylation is 1. The van der Waals surface area contributed by atoms with E-state index < -0.39 is 15.9 Å². The normalized spacial score (nSPS) is 11.4. The van der Waals surface area contributed by atoms with Crippen LogP contribution in [0.25, 0.3) is 11.1 Å². The average Bonchev–Trinajstić information content (AvgIpc) is 2.55. The standard InChI is InChI=1S/C18H22N2O3S/c1-3-4-10-20-24(22,23)16-7-5-6-14(11-16)17-12-15(18(19)21)9-8-13(17)2/h5-9,11-12,20H,3-4,10H2,1-2H3,(H2,19,21). The molecule has 2 aromatic carbocycles. The van der Waals surface area contributed by atoms with Crippen molar-refractivity contribution in [1.82, 2.24) is 4.72 Å². The molecule has 0 aliphatic rings. The zero-order valence-electron chi connectivity index (χ0n) is 13.9. The highest BCUT2D eigenvalue weighted by Crippen LogP contribution is 2.26. The Bertz CT molecular complexity index is 845. The molecular weight excluding hydrogens is 324 g/mol. The zero-order chi connectivity index (χ0) is 17.7. The molecule has 2 aromatic rings. The number of amides is 1. The third kappa shape index (κ3) is 4.21. The fourth-order valence-electron chi connectivity index (χ4n) is 2.38. The molecule has 0 fully saturated rings. The van der Waals surface area contributed by atoms with Crippen LogP contribution >= 0.6 is 0 Å². The van der Waals surface area contributed by atoms with Gasteiger partial charge in [0, 0.05) is 12.1 Å². The van der Waals surface area contributed by atoms with Crippen molar-refractivity contribution in [1.29, 1.82) is 0 Å². The van der Waals surface area contributed by atoms with Gasteiger partial charge in [0.25, 0.3) is 0 Å². The maximum atomic E-state index is 12.4. The second-order valence-electron chi connectivity index (χ2n) is 5.67. The Balaban J connectivity index is 2.41. The first-order chi connectivity index (χ1) is 11.3. The van der Waals surface area contributed by atoms with E-state index in [0.717, 1.165) is 29.5 Å². The van der Waals surface area contributed by atoms with Gasteiger partial charge < -0.3 is 5.73 Å². The number of primary amides is 1. The molecule has 0 aliphatic carbocycles. The molecule has 24 heavy (non-hydrogen) atoms. The van der Waals surface area contributed by atoms with E-state index >= 15 is 0 Å². The monoisotopic (exact) mass is 346 g/mol. The van der Waals surface area contributed by atoms with E-state index in [0.29, 0.717) is 12.1 Å². The summed E-state index contributed by atoms with van der Waals surface area (Å²) in [6, 6.07) is 11.8. The van der Waals surface area contributed by atoms with E-state index in [1.165, 1.54) is 0 Å². The van der Waals surface area contributed by atoms with Crippen LogP contribution in [-0.4, -0.2) is 20.9 Å². The number of sulfonamides is 1. The summed E-state index contributed by atoms with van der Waals surface area (Å²) in [4.78, 5) is 11.6. The number of hydrogen-bond acceptors (Lipinski definition) is 3. The Hall–Kier alpha value is -2.18. The van der Waals surface area contributed by atoms with Gasteiger partial charge in [-0.25, -0.2) is 13.1 Å². The lowest BCUT2D eigenvalue weighted by Gasteiger charge is -2.11. The highest BCUT2D eigenvalue weighted by Gasteiger charge is 2.15. The first kappa shape index (κ1) is 18.2. The third-order valence-electron chi connectivity index (χ3n) is 3.80. The minimum absolute atomic E-state index is 0.208. The predicted octanol–water partition coefficient (Wildman–Crippen LogP) is 2.84. The number of nitrogens with two attached hydrogens (primary N) is 1. The molecule has 0 aromatic heterocycles. The molecule has 0 bridgehead atoms. The van der Waals surface area contributed by atoms with Crippen molar-refractivity contribution in [3.05, 3.63) is 53.6 Å². The van der Waals surface area contributed by atoms with Gasteiger partial charge in [-0.2, -0.15) is 0 Å². The van der Waals surface area contributed by atoms with Crippen molar-refractivity contribution < 1.29 is 13.2 Å². The van der Waals surface area contributed by atoms with Gasteiger partial charge >= 0.3 is 0 Å². The lowest BCUT2D eigenvalue weighted by atomic mass is 9.98. The number of nitrogens with one attached hydrogen (secondary N) is 1. The topological polar surface area (TPSA) is 89.3 Å². The molecule has 0 heterocycles. The SMILES string of the molecule is CCCCNS(=O)(=O)c1cccc(-c2cc(C(N)=O)ccc2C)c1. The highest BCUT2D eigenvalue weighted by atomic mass is 32.2. The van der Waals surface area contributed by atoms with Gasteiger partial charge in [-0.15, -0.1) is 0 Å². The van der Waals surface area contributed by atoms with Crippen LogP contribution in [0.1, 0.15) is 35.7 Å². The van der Waals surface area contributed by atoms with Crippen molar-refractivity contribution in [3.8, 4) is 11.1 Å². The van der Waals surface area contributed by atoms with E-state index in [1.807, 2.05) is 19.9 Å². The van der Waals surface area contributed by atoms with Crippen molar-refractivity contribution in [2.24, 2.45) is 5.73 Å². The van der Waals surface area contributed by atoms with Crippen molar-refractivity contribution in [3.63, 3.8) is 0 Å². The summed E-state index contributed by atoms with van der Waals surface area (Å²) in [6.45, 7) is 4.32. The van der Waals surface area contributed by atoms with Crippen LogP contribution < -0.4 is 10.5 Å². The maximum Gasteiger partial charge on any atom is 0.248 e. The Labute approximate surface area is 142 Å². The summed E-state index contributed by atoms with van der Waals surface area (Å²) in [7, 11) is -3.54. The lowest BCUT2D eigenvalue weighted by molar-refractivity contribution is 0.100. The average molecular weight is 346 g/mol. The Morgan fingerprint density at radius 3 is 2.58 bits per heavy atom. The molecule has 128 valence electrons. The number of unbranched alkanes of at least 4 members (excludes halogenated alkanes) is 1. The van der Waals surface area contributed by atoms with Gasteiger partial charge in [0.05, 0.1) is 4.90 Å². The largest absolute Gasteiger partial charge is 0.366 e. The summed E-state index contributed by atoms with van der Waals surface area (Å²) >= 11 is 0. The Kier molecular flexibility index (Phi) is 5.75. The molecule has 1 amide bonds. The van der Waals surface area contributed by atoms with Gasteiger partial charge in [0.15, 0.2) is 0 Å². The van der Waals surface area contributed by atoms with Gasteiger partial charge in [-0.3, -0.25) is 4.79 Å². The Morgan fingerprint density at radius 2 is 1.92 bits per heavy atom. The number of carbonyl (C=O) groups excluding carboxylic acids is 1. The summed E-state index contributed by atoms with van der Waals surface area (Å²) in [6.07, 6.45) is 1.71. The van der Waals surface area contributed by atoms with Crippen molar-refractivity contribution >= 4 is 15.9 Å². The molecule has 0 saturated carbocycles. The molecule has 0 aliphatic heterocycles. The predicted molar refractivity (Wildman–Crippen MR) is 95.2 cm³/mol. The molecular formula is C18H22N2O3S. The fraction of sp³-hybridized carbons (Fsp3) is 0.278. The van der Waals surface area contributed by atoms with Gasteiger partial charge in [0.1, 0.15) is 0 Å². The van der Waals surface area contributed by atoms with Gasteiger partial charge in [0.2, 0.25) is 15.9 Å². The molecule has 0 unspecified atom stereocenters. The van der Waals surface area contributed by atoms with Crippen LogP contribution in [0.5, 0.6) is 0 Å². The van der Waals surface area contributed by atoms with Gasteiger partial charge in [-0.1, -0.05) is 31.5 Å². The summed E-state index contributed by atoms with van der Waals surface area (Å²) in [5.74, 6) is -0.513. The Morgan fingerprint density at radius 1 is 1.17 bits per heavy atom. The highest BCUT2D eigenvalue weighted by molar-refractivity contribution is 7.89. The lowest BCUT2D eigenvalue weighted by Crippen LogP contribution is -2.24. The van der Waals surface area contributed by atoms with Crippen molar-refractivity contribution in [2.75, 3.05) is 6.54 Å². The van der Waals surface area contributed by atoms with Gasteiger partial charge in [-0.05, 0) is 54.3 Å². The summed E-state index contributed by atoms with van der Waals surface area (Å²) in [5, 5.41) is 0. The smallest absolute Gasteiger partial charge is 0.248 e. The minimum atomic E-state index is -3.54. The molecule has 0 saturated heterocycles. The van der Waals surface area contributed by atoms with E-state index in [4.69, 9.17) is 5.73 Å². The number of rotatable bonds is 7. The molecule has 0 radical (unpaired) electrons. The van der Waals surface area contributed by atoms with E-state index in [-0.39, 0.29) is 4.90 Å². The maximum absolute atomic E-state index is 12.4. The molecule has 5 nitrogen and oxygen atoms in total. The first-order valence-electron chi connectivity index (χ1n) is 7.85. The summed E-state index contributed by atoms with van der Waals surface area (Å²) in [5.41, 5.74) is 8.18. The fourth-order valence-corrected chi connectivity index (χ4v) is 3.50. The van der Waals surface area contributed by atoms with E-state index in [2.05, 4.69) is 4.72 Å². The second kappa shape index (κ2) is 7.59. The molecule has 0 spiro atoms. The van der Waals surface area contributed by atoms with Crippen LogP contribution in [0.2, 0.25) is 0 Å². The number of benzene rings is 2. The van der Waals surface area contributed by atoms with Crippen LogP contribution in [0, 0.1) is 6.92 Å². The van der Waals surface area contributed by atoms with Crippen LogP contribution in [0.15, 0.2) is 47.4 Å². The molecule has 3 N–H and O–H groups in total. The zero-order valence-corrected chi connectivity index (χ0v) is 14.7. The molecule has 0 atom stereocenters. The number of carbonyl (C=O) groups is 1. The number of hydrogen-bond donors (Lipinski definition) is 2. The first-order valence-corrected chi connectivity index (χ1v) is 9.34. The quantitative estimate of drug-likeness (QED) is 0.756. The molecule has 6 heteroatoms. The van der Waals surface area contributed by atoms with Crippen LogP contribution in [0.4, 0.5) is 0 Å². The minimum Gasteiger partial charge on any atom is -0.366 e. The molecule has 2 rings (SSSR count). The van der Waals surface area contributed by atoms with E-state index in [9.17, 15) is 13.2 Å². The van der Waals surface area contributed by atoms with Crippen LogP contribution in [-0.2, 0) is 10.0 Å². The van der Waals surface area contributed by atoms with Crippen molar-refractivity contribution in [2.45, 2.75) is 31.6 Å².